The van der Waals surface area contributed by atoms with Gasteiger partial charge >= 0.3 is 0 Å². The van der Waals surface area contributed by atoms with E-state index in [0.717, 1.165) is 25.2 Å². The highest BCUT2D eigenvalue weighted by molar-refractivity contribution is 7.89. The number of hydrogen-bond donors (Lipinski definition) is 1. The van der Waals surface area contributed by atoms with Gasteiger partial charge in [0.05, 0.1) is 6.20 Å². The van der Waals surface area contributed by atoms with Gasteiger partial charge in [-0.2, -0.15) is 0 Å². The molecule has 0 atom stereocenters. The summed E-state index contributed by atoms with van der Waals surface area (Å²) in [7, 11) is -1.92. The van der Waals surface area contributed by atoms with Crippen LogP contribution in [-0.2, 0) is 23.0 Å². The molecular weight excluding hydrogens is 190 g/mol. The van der Waals surface area contributed by atoms with Crippen molar-refractivity contribution in [3.63, 3.8) is 0 Å². The average molecular weight is 201 g/mol. The van der Waals surface area contributed by atoms with E-state index in [4.69, 9.17) is 0 Å². The second-order valence-corrected chi connectivity index (χ2v) is 4.81. The Morgan fingerprint density at radius 2 is 2.38 bits per heavy atom. The van der Waals surface area contributed by atoms with Gasteiger partial charge in [0.1, 0.15) is 5.82 Å². The molecule has 2 rings (SSSR count). The number of sulfonamides is 1. The standard InChI is InChI=1S/C7H11N3O2S/c1-8-13(11,12)7-5-9-6-3-2-4-10(6)7/h5,8H,2-4H2,1H3. The number of nitrogens with one attached hydrogen (secondary N) is 1. The number of imidazole rings is 1. The number of aryl methyl sites for hydroxylation is 1. The van der Waals surface area contributed by atoms with Gasteiger partial charge in [-0.25, -0.2) is 18.1 Å². The van der Waals surface area contributed by atoms with Crippen LogP contribution in [0.15, 0.2) is 11.2 Å². The van der Waals surface area contributed by atoms with Crippen LogP contribution in [0.2, 0.25) is 0 Å². The average Bonchev–Trinajstić information content (AvgIpc) is 2.62. The summed E-state index contributed by atoms with van der Waals surface area (Å²) in [6, 6.07) is 0. The van der Waals surface area contributed by atoms with Crippen LogP contribution in [0, 0.1) is 0 Å². The fourth-order valence-corrected chi connectivity index (χ4v) is 2.44. The summed E-state index contributed by atoms with van der Waals surface area (Å²) < 4.78 is 26.9. The Hall–Kier alpha value is -0.880. The van der Waals surface area contributed by atoms with Crippen molar-refractivity contribution in [1.82, 2.24) is 14.3 Å². The highest BCUT2D eigenvalue weighted by Crippen LogP contribution is 2.19. The van der Waals surface area contributed by atoms with E-state index in [2.05, 4.69) is 9.71 Å². The van der Waals surface area contributed by atoms with E-state index in [1.54, 1.807) is 4.57 Å². The molecule has 0 amide bonds. The monoisotopic (exact) mass is 201 g/mol. The fraction of sp³-hybridized carbons (Fsp3) is 0.571. The molecule has 0 radical (unpaired) electrons. The first-order valence-corrected chi connectivity index (χ1v) is 5.61. The lowest BCUT2D eigenvalue weighted by Crippen LogP contribution is -2.21. The molecule has 0 saturated carbocycles. The second-order valence-electron chi connectivity index (χ2n) is 2.98. The van der Waals surface area contributed by atoms with E-state index in [1.807, 2.05) is 0 Å². The molecule has 5 nitrogen and oxygen atoms in total. The van der Waals surface area contributed by atoms with Crippen LogP contribution in [0.1, 0.15) is 12.2 Å². The van der Waals surface area contributed by atoms with Crippen molar-refractivity contribution in [2.45, 2.75) is 24.4 Å². The summed E-state index contributed by atoms with van der Waals surface area (Å²) in [4.78, 5) is 4.05. The van der Waals surface area contributed by atoms with E-state index >= 15 is 0 Å². The van der Waals surface area contributed by atoms with Crippen molar-refractivity contribution in [2.75, 3.05) is 7.05 Å². The van der Waals surface area contributed by atoms with Gasteiger partial charge in [0.15, 0.2) is 5.03 Å². The zero-order valence-corrected chi connectivity index (χ0v) is 8.13. The fourth-order valence-electron chi connectivity index (χ4n) is 1.55. The summed E-state index contributed by atoms with van der Waals surface area (Å²) in [5.74, 6) is 0.869. The minimum atomic E-state index is -3.33. The van der Waals surface area contributed by atoms with Gasteiger partial charge in [0.25, 0.3) is 10.0 Å². The van der Waals surface area contributed by atoms with Gasteiger partial charge in [0.2, 0.25) is 0 Å². The smallest absolute Gasteiger partial charge is 0.257 e. The maximum atomic E-state index is 11.4. The van der Waals surface area contributed by atoms with Gasteiger partial charge in [-0.1, -0.05) is 0 Å². The molecule has 2 heterocycles. The molecular formula is C7H11N3O2S. The van der Waals surface area contributed by atoms with Crippen molar-refractivity contribution in [1.29, 1.82) is 0 Å². The van der Waals surface area contributed by atoms with Crippen LogP contribution >= 0.6 is 0 Å². The molecule has 0 fully saturated rings. The second kappa shape index (κ2) is 2.81. The maximum absolute atomic E-state index is 11.4. The van der Waals surface area contributed by atoms with Gasteiger partial charge in [-0.05, 0) is 13.5 Å². The molecule has 0 saturated heterocycles. The quantitative estimate of drug-likeness (QED) is 0.717. The summed E-state index contributed by atoms with van der Waals surface area (Å²) >= 11 is 0. The Balaban J connectivity index is 2.54. The Morgan fingerprint density at radius 3 is 3.08 bits per heavy atom. The third-order valence-electron chi connectivity index (χ3n) is 2.23. The molecule has 6 heteroatoms. The zero-order chi connectivity index (χ0) is 9.47. The molecule has 0 spiro atoms. The van der Waals surface area contributed by atoms with Gasteiger partial charge in [-0.3, -0.25) is 0 Å². The Morgan fingerprint density at radius 1 is 1.62 bits per heavy atom. The minimum absolute atomic E-state index is 0.280. The molecule has 1 aromatic heterocycles. The summed E-state index contributed by atoms with van der Waals surface area (Å²) in [5.41, 5.74) is 0. The van der Waals surface area contributed by atoms with E-state index in [9.17, 15) is 8.42 Å². The largest absolute Gasteiger partial charge is 0.318 e. The summed E-state index contributed by atoms with van der Waals surface area (Å²) in [6.45, 7) is 0.756. The molecule has 0 aromatic carbocycles. The van der Waals surface area contributed by atoms with E-state index < -0.39 is 10.0 Å². The van der Waals surface area contributed by atoms with Crippen molar-refractivity contribution < 1.29 is 8.42 Å². The molecule has 72 valence electrons. The number of nitrogens with zero attached hydrogens (tertiary/aromatic N) is 2. The summed E-state index contributed by atoms with van der Waals surface area (Å²) in [6.07, 6.45) is 3.27. The van der Waals surface area contributed by atoms with Crippen molar-refractivity contribution in [3.8, 4) is 0 Å². The molecule has 1 aliphatic heterocycles. The van der Waals surface area contributed by atoms with Crippen LogP contribution in [0.4, 0.5) is 0 Å². The predicted octanol–water partition coefficient (Wildman–Crippen LogP) is -0.263. The van der Waals surface area contributed by atoms with E-state index in [0.29, 0.717) is 0 Å². The number of rotatable bonds is 2. The van der Waals surface area contributed by atoms with Crippen LogP contribution in [0.3, 0.4) is 0 Å². The van der Waals surface area contributed by atoms with E-state index in [-0.39, 0.29) is 5.03 Å². The lowest BCUT2D eigenvalue weighted by molar-refractivity contribution is 0.570. The van der Waals surface area contributed by atoms with Crippen molar-refractivity contribution in [2.24, 2.45) is 0 Å². The van der Waals surface area contributed by atoms with Crippen molar-refractivity contribution >= 4 is 10.0 Å². The Bertz CT molecular complexity index is 421. The third-order valence-corrected chi connectivity index (χ3v) is 3.64. The molecule has 1 N–H and O–H groups in total. The normalized spacial score (nSPS) is 16.1. The van der Waals surface area contributed by atoms with Gasteiger partial charge < -0.3 is 4.57 Å². The molecule has 1 aliphatic rings. The van der Waals surface area contributed by atoms with Crippen LogP contribution in [0.25, 0.3) is 0 Å². The lowest BCUT2D eigenvalue weighted by Gasteiger charge is -2.03. The molecule has 1 aromatic rings. The zero-order valence-electron chi connectivity index (χ0n) is 7.32. The summed E-state index contributed by atoms with van der Waals surface area (Å²) in [5, 5.41) is 0.280. The van der Waals surface area contributed by atoms with E-state index in [1.165, 1.54) is 13.2 Å². The molecule has 0 bridgehead atoms. The number of hydrogen-bond acceptors (Lipinski definition) is 3. The van der Waals surface area contributed by atoms with Crippen LogP contribution in [0.5, 0.6) is 0 Å². The van der Waals surface area contributed by atoms with Crippen LogP contribution < -0.4 is 4.72 Å². The third kappa shape index (κ3) is 1.26. The highest BCUT2D eigenvalue weighted by atomic mass is 32.2. The molecule has 0 unspecified atom stereocenters. The van der Waals surface area contributed by atoms with Gasteiger partial charge in [-0.15, -0.1) is 0 Å². The van der Waals surface area contributed by atoms with Gasteiger partial charge in [0, 0.05) is 13.0 Å². The Kier molecular flexibility index (Phi) is 1.88. The maximum Gasteiger partial charge on any atom is 0.257 e. The lowest BCUT2D eigenvalue weighted by atomic mass is 10.4. The number of aromatic nitrogens is 2. The minimum Gasteiger partial charge on any atom is -0.318 e. The van der Waals surface area contributed by atoms with Crippen molar-refractivity contribution in [3.05, 3.63) is 12.0 Å². The predicted molar refractivity (Wildman–Crippen MR) is 46.8 cm³/mol. The SMILES string of the molecule is CNS(=O)(=O)c1cnc2n1CCC2. The molecule has 13 heavy (non-hydrogen) atoms. The van der Waals surface area contributed by atoms with Crippen LogP contribution in [-0.4, -0.2) is 25.0 Å². The topological polar surface area (TPSA) is 64.0 Å². The Labute approximate surface area is 76.8 Å². The first-order chi connectivity index (χ1) is 6.15. The molecule has 0 aliphatic carbocycles. The highest BCUT2D eigenvalue weighted by Gasteiger charge is 2.23. The first kappa shape index (κ1) is 8.71. The number of fused-ring (bicyclic) bond motifs is 1. The first-order valence-electron chi connectivity index (χ1n) is 4.13.